The molecule has 3 aromatic rings. The third-order valence-electron chi connectivity index (χ3n) is 3.03. The number of aromatic nitrogens is 1. The van der Waals surface area contributed by atoms with E-state index >= 15 is 0 Å². The van der Waals surface area contributed by atoms with Gasteiger partial charge in [-0.05, 0) is 43.3 Å². The fourth-order valence-corrected chi connectivity index (χ4v) is 3.77. The van der Waals surface area contributed by atoms with Crippen LogP contribution in [0.15, 0.2) is 58.8 Å². The highest BCUT2D eigenvalue weighted by molar-refractivity contribution is 7.87. The van der Waals surface area contributed by atoms with Gasteiger partial charge in [0.1, 0.15) is 21.5 Å². The van der Waals surface area contributed by atoms with Crippen LogP contribution in [0, 0.1) is 12.7 Å². The average molecular weight is 349 g/mol. The Morgan fingerprint density at radius 2 is 1.78 bits per heavy atom. The topological polar surface area (TPSA) is 56.3 Å². The van der Waals surface area contributed by atoms with Crippen molar-refractivity contribution in [3.05, 3.63) is 65.4 Å². The van der Waals surface area contributed by atoms with Gasteiger partial charge < -0.3 is 4.18 Å². The van der Waals surface area contributed by atoms with E-state index in [9.17, 15) is 12.8 Å². The van der Waals surface area contributed by atoms with Crippen LogP contribution in [0.4, 0.5) is 4.39 Å². The van der Waals surface area contributed by atoms with Crippen molar-refractivity contribution in [3.63, 3.8) is 0 Å². The van der Waals surface area contributed by atoms with Gasteiger partial charge in [0, 0.05) is 16.6 Å². The smallest absolute Gasteiger partial charge is 0.342 e. The zero-order valence-electron chi connectivity index (χ0n) is 12.1. The minimum Gasteiger partial charge on any atom is -0.379 e. The average Bonchev–Trinajstić information content (AvgIpc) is 2.94. The lowest BCUT2D eigenvalue weighted by Gasteiger charge is -2.08. The van der Waals surface area contributed by atoms with Gasteiger partial charge in [0.25, 0.3) is 0 Å². The number of nitrogens with zero attached hydrogens (tertiary/aromatic N) is 1. The van der Waals surface area contributed by atoms with Crippen molar-refractivity contribution in [2.24, 2.45) is 0 Å². The SMILES string of the molecule is Cc1csc(-c2ccc(OS(=O)(=O)c3ccccc3F)cc2)n1. The Labute approximate surface area is 137 Å². The lowest BCUT2D eigenvalue weighted by atomic mass is 10.2. The second kappa shape index (κ2) is 6.10. The van der Waals surface area contributed by atoms with Gasteiger partial charge in [0.05, 0.1) is 0 Å². The summed E-state index contributed by atoms with van der Waals surface area (Å²) in [5.74, 6) is -0.729. The van der Waals surface area contributed by atoms with Gasteiger partial charge in [0.15, 0.2) is 0 Å². The summed E-state index contributed by atoms with van der Waals surface area (Å²) < 4.78 is 42.8. The van der Waals surface area contributed by atoms with Crippen molar-refractivity contribution in [3.8, 4) is 16.3 Å². The molecule has 4 nitrogen and oxygen atoms in total. The summed E-state index contributed by atoms with van der Waals surface area (Å²) in [4.78, 5) is 3.87. The molecule has 0 aliphatic rings. The van der Waals surface area contributed by atoms with Gasteiger partial charge in [-0.1, -0.05) is 12.1 Å². The molecule has 0 N–H and O–H groups in total. The Morgan fingerprint density at radius 1 is 1.09 bits per heavy atom. The van der Waals surface area contributed by atoms with Gasteiger partial charge in [-0.3, -0.25) is 0 Å². The zero-order chi connectivity index (χ0) is 16.4. The largest absolute Gasteiger partial charge is 0.379 e. The van der Waals surface area contributed by atoms with E-state index in [1.807, 2.05) is 12.3 Å². The van der Waals surface area contributed by atoms with Crippen molar-refractivity contribution < 1.29 is 17.0 Å². The first-order valence-corrected chi connectivity index (χ1v) is 8.96. The summed E-state index contributed by atoms with van der Waals surface area (Å²) in [6, 6.07) is 11.6. The molecule has 0 aliphatic heterocycles. The van der Waals surface area contributed by atoms with Crippen molar-refractivity contribution in [2.45, 2.75) is 11.8 Å². The number of hydrogen-bond acceptors (Lipinski definition) is 5. The number of halogens is 1. The molecule has 0 bridgehead atoms. The predicted molar refractivity (Wildman–Crippen MR) is 86.5 cm³/mol. The number of thiazole rings is 1. The zero-order valence-corrected chi connectivity index (χ0v) is 13.7. The van der Waals surface area contributed by atoms with Gasteiger partial charge in [-0.15, -0.1) is 11.3 Å². The molecule has 3 rings (SSSR count). The van der Waals surface area contributed by atoms with E-state index in [0.717, 1.165) is 28.4 Å². The maximum Gasteiger partial charge on any atom is 0.342 e. The van der Waals surface area contributed by atoms with E-state index in [1.54, 1.807) is 12.1 Å². The van der Waals surface area contributed by atoms with E-state index in [4.69, 9.17) is 4.18 Å². The molecule has 0 saturated heterocycles. The number of hydrogen-bond donors (Lipinski definition) is 0. The Balaban J connectivity index is 1.85. The molecule has 7 heteroatoms. The van der Waals surface area contributed by atoms with Crippen LogP contribution >= 0.6 is 11.3 Å². The fourth-order valence-electron chi connectivity index (χ4n) is 1.96. The molecule has 0 saturated carbocycles. The monoisotopic (exact) mass is 349 g/mol. The maximum atomic E-state index is 13.6. The molecular weight excluding hydrogens is 337 g/mol. The summed E-state index contributed by atoms with van der Waals surface area (Å²) in [6.45, 7) is 1.90. The molecule has 0 atom stereocenters. The summed E-state index contributed by atoms with van der Waals surface area (Å²) >= 11 is 1.50. The molecule has 0 aliphatic carbocycles. The number of rotatable bonds is 4. The van der Waals surface area contributed by atoms with Gasteiger partial charge in [0.2, 0.25) is 0 Å². The Hall–Kier alpha value is -2.25. The molecule has 1 heterocycles. The maximum absolute atomic E-state index is 13.6. The molecule has 0 spiro atoms. The first-order valence-electron chi connectivity index (χ1n) is 6.67. The third-order valence-corrected chi connectivity index (χ3v) is 5.32. The van der Waals surface area contributed by atoms with Crippen molar-refractivity contribution in [1.29, 1.82) is 0 Å². The molecule has 1 aromatic heterocycles. The van der Waals surface area contributed by atoms with Crippen LogP contribution in [0.25, 0.3) is 10.6 Å². The molecule has 0 amide bonds. The lowest BCUT2D eigenvalue weighted by molar-refractivity contribution is 0.476. The van der Waals surface area contributed by atoms with E-state index in [-0.39, 0.29) is 5.75 Å². The molecule has 23 heavy (non-hydrogen) atoms. The first kappa shape index (κ1) is 15.6. The van der Waals surface area contributed by atoms with E-state index in [2.05, 4.69) is 4.98 Å². The Bertz CT molecular complexity index is 934. The Kier molecular flexibility index (Phi) is 4.14. The van der Waals surface area contributed by atoms with Crippen molar-refractivity contribution in [2.75, 3.05) is 0 Å². The third kappa shape index (κ3) is 3.40. The number of benzene rings is 2. The van der Waals surface area contributed by atoms with Crippen LogP contribution in [0.3, 0.4) is 0 Å². The van der Waals surface area contributed by atoms with Crippen molar-refractivity contribution in [1.82, 2.24) is 4.98 Å². The standard InChI is InChI=1S/C16H12FNO3S2/c1-11-10-22-16(18-11)12-6-8-13(9-7-12)21-23(19,20)15-5-3-2-4-14(15)17/h2-10H,1H3. The second-order valence-electron chi connectivity index (χ2n) is 4.79. The molecular formula is C16H12FNO3S2. The van der Waals surface area contributed by atoms with Gasteiger partial charge in [-0.2, -0.15) is 8.42 Å². The fraction of sp³-hybridized carbons (Fsp3) is 0.0625. The summed E-state index contributed by atoms with van der Waals surface area (Å²) in [5, 5.41) is 2.77. The van der Waals surface area contributed by atoms with E-state index < -0.39 is 20.8 Å². The summed E-state index contributed by atoms with van der Waals surface area (Å²) in [5.41, 5.74) is 1.78. The van der Waals surface area contributed by atoms with Crippen LogP contribution in [-0.4, -0.2) is 13.4 Å². The van der Waals surface area contributed by atoms with Crippen LogP contribution in [-0.2, 0) is 10.1 Å². The van der Waals surface area contributed by atoms with E-state index in [1.165, 1.54) is 35.6 Å². The molecule has 0 unspecified atom stereocenters. The highest BCUT2D eigenvalue weighted by Crippen LogP contribution is 2.27. The van der Waals surface area contributed by atoms with Gasteiger partial charge >= 0.3 is 10.1 Å². The summed E-state index contributed by atoms with van der Waals surface area (Å²) in [7, 11) is -4.21. The molecule has 118 valence electrons. The minimum absolute atomic E-state index is 0.116. The second-order valence-corrected chi connectivity index (χ2v) is 7.16. The predicted octanol–water partition coefficient (Wildman–Crippen LogP) is 4.03. The molecule has 2 aromatic carbocycles. The van der Waals surface area contributed by atoms with Crippen LogP contribution in [0.2, 0.25) is 0 Å². The first-order chi connectivity index (χ1) is 11.0. The lowest BCUT2D eigenvalue weighted by Crippen LogP contribution is -2.11. The van der Waals surface area contributed by atoms with Crippen LogP contribution in [0.1, 0.15) is 5.69 Å². The van der Waals surface area contributed by atoms with E-state index in [0.29, 0.717) is 0 Å². The Morgan fingerprint density at radius 3 is 2.39 bits per heavy atom. The van der Waals surface area contributed by atoms with Gasteiger partial charge in [-0.25, -0.2) is 9.37 Å². The van der Waals surface area contributed by atoms with Crippen LogP contribution < -0.4 is 4.18 Å². The quantitative estimate of drug-likeness (QED) is 0.668. The molecule has 0 fully saturated rings. The highest BCUT2D eigenvalue weighted by atomic mass is 32.2. The van der Waals surface area contributed by atoms with Crippen LogP contribution in [0.5, 0.6) is 5.75 Å². The van der Waals surface area contributed by atoms with Crippen molar-refractivity contribution >= 4 is 21.5 Å². The number of aryl methyl sites for hydroxylation is 1. The highest BCUT2D eigenvalue weighted by Gasteiger charge is 2.20. The normalized spacial score (nSPS) is 11.4. The molecule has 0 radical (unpaired) electrons. The summed E-state index contributed by atoms with van der Waals surface area (Å²) in [6.07, 6.45) is 0. The minimum atomic E-state index is -4.21.